The molecule has 0 saturated heterocycles. The van der Waals surface area contributed by atoms with Gasteiger partial charge in [-0.3, -0.25) is 0 Å². The second-order valence-corrected chi connectivity index (χ2v) is 5.19. The van der Waals surface area contributed by atoms with Gasteiger partial charge in [-0.15, -0.1) is 11.3 Å². The Bertz CT molecular complexity index is 599. The van der Waals surface area contributed by atoms with Gasteiger partial charge in [-0.25, -0.2) is 0 Å². The molecule has 0 atom stereocenters. The van der Waals surface area contributed by atoms with Crippen LogP contribution in [0.2, 0.25) is 0 Å². The van der Waals surface area contributed by atoms with E-state index >= 15 is 0 Å². The fourth-order valence-corrected chi connectivity index (χ4v) is 3.01. The molecule has 0 aliphatic carbocycles. The van der Waals surface area contributed by atoms with E-state index in [-0.39, 0.29) is 5.75 Å². The Balaban J connectivity index is 2.05. The molecule has 0 saturated carbocycles. The zero-order valence-electron chi connectivity index (χ0n) is 8.88. The Hall–Kier alpha value is -1.66. The molecular weight excluding hydrogens is 256 g/mol. The van der Waals surface area contributed by atoms with Crippen LogP contribution in [0.5, 0.6) is 5.75 Å². The van der Waals surface area contributed by atoms with E-state index in [9.17, 15) is 5.11 Å². The predicted octanol–water partition coefficient (Wildman–Crippen LogP) is 3.54. The number of aryl methyl sites for hydroxylation is 1. The van der Waals surface area contributed by atoms with E-state index in [0.29, 0.717) is 16.6 Å². The monoisotopic (exact) mass is 264 g/mol. The maximum Gasteiger partial charge on any atom is 0.272 e. The lowest BCUT2D eigenvalue weighted by molar-refractivity contribution is 0.427. The lowest BCUT2D eigenvalue weighted by Gasteiger charge is -1.89. The van der Waals surface area contributed by atoms with Gasteiger partial charge < -0.3 is 9.63 Å². The summed E-state index contributed by atoms with van der Waals surface area (Å²) >= 11 is 2.98. The first-order valence-corrected chi connectivity index (χ1v) is 6.71. The SMILES string of the molecule is Cc1cscc1-c1noc(-c2sccc2O)n1. The molecule has 3 heterocycles. The van der Waals surface area contributed by atoms with E-state index in [1.807, 2.05) is 17.7 Å². The van der Waals surface area contributed by atoms with Gasteiger partial charge in [0.05, 0.1) is 0 Å². The highest BCUT2D eigenvalue weighted by molar-refractivity contribution is 7.13. The first kappa shape index (κ1) is 10.5. The van der Waals surface area contributed by atoms with Gasteiger partial charge in [-0.1, -0.05) is 5.16 Å². The van der Waals surface area contributed by atoms with E-state index in [1.54, 1.807) is 22.8 Å². The minimum Gasteiger partial charge on any atom is -0.506 e. The van der Waals surface area contributed by atoms with Crippen molar-refractivity contribution in [1.29, 1.82) is 0 Å². The van der Waals surface area contributed by atoms with Crippen molar-refractivity contribution >= 4 is 22.7 Å². The third-order valence-electron chi connectivity index (χ3n) is 2.36. The molecule has 17 heavy (non-hydrogen) atoms. The van der Waals surface area contributed by atoms with Gasteiger partial charge in [0.15, 0.2) is 0 Å². The van der Waals surface area contributed by atoms with Gasteiger partial charge >= 0.3 is 0 Å². The van der Waals surface area contributed by atoms with Crippen molar-refractivity contribution in [3.05, 3.63) is 27.8 Å². The molecule has 0 fully saturated rings. The topological polar surface area (TPSA) is 59.2 Å². The van der Waals surface area contributed by atoms with Crippen LogP contribution in [-0.4, -0.2) is 15.2 Å². The molecule has 86 valence electrons. The zero-order chi connectivity index (χ0) is 11.8. The summed E-state index contributed by atoms with van der Waals surface area (Å²) in [6.45, 7) is 2.00. The molecule has 1 N–H and O–H groups in total. The molecule has 3 rings (SSSR count). The fraction of sp³-hybridized carbons (Fsp3) is 0.0909. The third-order valence-corrected chi connectivity index (χ3v) is 4.11. The number of aromatic nitrogens is 2. The molecular formula is C11H8N2O2S2. The maximum absolute atomic E-state index is 9.58. The molecule has 6 heteroatoms. The van der Waals surface area contributed by atoms with Crippen LogP contribution in [0, 0.1) is 6.92 Å². The molecule has 0 radical (unpaired) electrons. The Morgan fingerprint density at radius 1 is 1.35 bits per heavy atom. The Kier molecular flexibility index (Phi) is 2.45. The van der Waals surface area contributed by atoms with E-state index in [1.165, 1.54) is 11.3 Å². The van der Waals surface area contributed by atoms with Gasteiger partial charge in [0, 0.05) is 10.9 Å². The summed E-state index contributed by atoms with van der Waals surface area (Å²) in [6, 6.07) is 1.61. The molecule has 0 aliphatic heterocycles. The number of thiophene rings is 2. The number of aromatic hydroxyl groups is 1. The highest BCUT2D eigenvalue weighted by atomic mass is 32.1. The summed E-state index contributed by atoms with van der Waals surface area (Å²) in [7, 11) is 0. The van der Waals surface area contributed by atoms with Crippen LogP contribution in [0.3, 0.4) is 0 Å². The van der Waals surface area contributed by atoms with Crippen molar-refractivity contribution in [3.8, 4) is 27.9 Å². The zero-order valence-corrected chi connectivity index (χ0v) is 10.5. The Labute approximate surface area is 105 Å². The van der Waals surface area contributed by atoms with Crippen molar-refractivity contribution in [2.24, 2.45) is 0 Å². The second-order valence-electron chi connectivity index (χ2n) is 3.53. The summed E-state index contributed by atoms with van der Waals surface area (Å²) in [5, 5.41) is 19.3. The van der Waals surface area contributed by atoms with Gasteiger partial charge in [0.25, 0.3) is 5.89 Å². The third kappa shape index (κ3) is 1.75. The van der Waals surface area contributed by atoms with Crippen LogP contribution < -0.4 is 0 Å². The van der Waals surface area contributed by atoms with E-state index in [2.05, 4.69) is 10.1 Å². The molecule has 4 nitrogen and oxygen atoms in total. The van der Waals surface area contributed by atoms with Crippen LogP contribution in [0.15, 0.2) is 26.7 Å². The van der Waals surface area contributed by atoms with Crippen LogP contribution in [0.25, 0.3) is 22.2 Å². The highest BCUT2D eigenvalue weighted by Crippen LogP contribution is 2.34. The van der Waals surface area contributed by atoms with Crippen molar-refractivity contribution in [2.75, 3.05) is 0 Å². The van der Waals surface area contributed by atoms with E-state index in [0.717, 1.165) is 11.1 Å². The van der Waals surface area contributed by atoms with E-state index in [4.69, 9.17) is 4.52 Å². The van der Waals surface area contributed by atoms with Gasteiger partial charge in [0.1, 0.15) is 10.6 Å². The van der Waals surface area contributed by atoms with Gasteiger partial charge in [0.2, 0.25) is 5.82 Å². The number of hydrogen-bond acceptors (Lipinski definition) is 6. The summed E-state index contributed by atoms with van der Waals surface area (Å²) in [5.74, 6) is 1.09. The van der Waals surface area contributed by atoms with Gasteiger partial charge in [-0.2, -0.15) is 16.3 Å². The average Bonchev–Trinajstić information content (AvgIpc) is 2.97. The molecule has 0 unspecified atom stereocenters. The highest BCUT2D eigenvalue weighted by Gasteiger charge is 2.16. The molecule has 0 amide bonds. The van der Waals surface area contributed by atoms with E-state index < -0.39 is 0 Å². The number of nitrogens with zero attached hydrogens (tertiary/aromatic N) is 2. The smallest absolute Gasteiger partial charge is 0.272 e. The fourth-order valence-electron chi connectivity index (χ4n) is 1.48. The number of hydrogen-bond donors (Lipinski definition) is 1. The molecule has 0 bridgehead atoms. The first-order chi connectivity index (χ1) is 8.25. The van der Waals surface area contributed by atoms with Gasteiger partial charge in [-0.05, 0) is 29.3 Å². The maximum atomic E-state index is 9.58. The Morgan fingerprint density at radius 3 is 2.88 bits per heavy atom. The van der Waals surface area contributed by atoms with Crippen LogP contribution in [0.4, 0.5) is 0 Å². The minimum absolute atomic E-state index is 0.173. The minimum atomic E-state index is 0.173. The van der Waals surface area contributed by atoms with Crippen LogP contribution in [-0.2, 0) is 0 Å². The molecule has 3 aromatic rings. The van der Waals surface area contributed by atoms with Crippen LogP contribution >= 0.6 is 22.7 Å². The van der Waals surface area contributed by atoms with Crippen molar-refractivity contribution < 1.29 is 9.63 Å². The molecule has 0 aromatic carbocycles. The lowest BCUT2D eigenvalue weighted by Crippen LogP contribution is -1.79. The van der Waals surface area contributed by atoms with Crippen molar-refractivity contribution in [1.82, 2.24) is 10.1 Å². The van der Waals surface area contributed by atoms with Crippen molar-refractivity contribution in [2.45, 2.75) is 6.92 Å². The average molecular weight is 264 g/mol. The summed E-state index contributed by atoms with van der Waals surface area (Å²) < 4.78 is 5.16. The standard InChI is InChI=1S/C11H8N2O2S2/c1-6-4-16-5-7(6)10-12-11(15-13-10)9-8(14)2-3-17-9/h2-5,14H,1H3. The lowest BCUT2D eigenvalue weighted by atomic mass is 10.2. The summed E-state index contributed by atoms with van der Waals surface area (Å²) in [4.78, 5) is 4.90. The number of rotatable bonds is 2. The molecule has 3 aromatic heterocycles. The molecule has 0 spiro atoms. The molecule has 0 aliphatic rings. The quantitative estimate of drug-likeness (QED) is 0.769. The second kappa shape index (κ2) is 3.97. The van der Waals surface area contributed by atoms with Crippen LogP contribution in [0.1, 0.15) is 5.56 Å². The normalized spacial score (nSPS) is 10.9. The largest absolute Gasteiger partial charge is 0.506 e. The van der Waals surface area contributed by atoms with Crippen molar-refractivity contribution in [3.63, 3.8) is 0 Å². The first-order valence-electron chi connectivity index (χ1n) is 4.89. The summed E-state index contributed by atoms with van der Waals surface area (Å²) in [5.41, 5.74) is 2.10. The summed E-state index contributed by atoms with van der Waals surface area (Å²) in [6.07, 6.45) is 0. The predicted molar refractivity (Wildman–Crippen MR) is 67.3 cm³/mol. The Morgan fingerprint density at radius 2 is 2.24 bits per heavy atom.